The fourth-order valence-corrected chi connectivity index (χ4v) is 2.44. The fourth-order valence-electron chi connectivity index (χ4n) is 1.42. The van der Waals surface area contributed by atoms with E-state index in [1.54, 1.807) is 19.1 Å². The van der Waals surface area contributed by atoms with Crippen LogP contribution in [0.25, 0.3) is 0 Å². The zero-order valence-electron chi connectivity index (χ0n) is 10.8. The van der Waals surface area contributed by atoms with Crippen LogP contribution in [-0.2, 0) is 6.18 Å². The Morgan fingerprint density at radius 3 is 2.71 bits per heavy atom. The van der Waals surface area contributed by atoms with Crippen molar-refractivity contribution in [2.24, 2.45) is 0 Å². The molecule has 0 unspecified atom stereocenters. The van der Waals surface area contributed by atoms with E-state index in [9.17, 15) is 13.2 Å². The first-order valence-electron chi connectivity index (χ1n) is 5.88. The van der Waals surface area contributed by atoms with E-state index in [4.69, 9.17) is 11.6 Å². The molecule has 0 amide bonds. The van der Waals surface area contributed by atoms with Crippen LogP contribution < -0.4 is 5.32 Å². The maximum absolute atomic E-state index is 12.8. The third-order valence-electron chi connectivity index (χ3n) is 2.24. The molecule has 0 radical (unpaired) electrons. The van der Waals surface area contributed by atoms with Crippen LogP contribution in [0.4, 0.5) is 19.0 Å². The molecule has 0 aliphatic heterocycles. The van der Waals surface area contributed by atoms with Crippen LogP contribution in [0.5, 0.6) is 0 Å². The predicted molar refractivity (Wildman–Crippen MR) is 74.6 cm³/mol. The number of pyridine rings is 1. The van der Waals surface area contributed by atoms with Gasteiger partial charge in [-0.2, -0.15) is 13.2 Å². The van der Waals surface area contributed by atoms with E-state index in [1.165, 1.54) is 12.3 Å². The molecule has 9 heteroatoms. The summed E-state index contributed by atoms with van der Waals surface area (Å²) in [5.74, 6) is -1.09. The number of halogens is 4. The van der Waals surface area contributed by atoms with Crippen molar-refractivity contribution < 1.29 is 13.2 Å². The smallest absolute Gasteiger partial charge is 0.370 e. The molecule has 0 aliphatic rings. The second kappa shape index (κ2) is 6.48. The van der Waals surface area contributed by atoms with Gasteiger partial charge in [0.2, 0.25) is 5.82 Å². The summed E-state index contributed by atoms with van der Waals surface area (Å²) < 4.78 is 38.4. The Labute approximate surface area is 128 Å². The Morgan fingerprint density at radius 1 is 1.33 bits per heavy atom. The number of nitrogens with zero attached hydrogens (tertiary/aromatic N) is 3. The van der Waals surface area contributed by atoms with Crippen molar-refractivity contribution in [2.75, 3.05) is 11.9 Å². The van der Waals surface area contributed by atoms with Crippen molar-refractivity contribution in [3.63, 3.8) is 0 Å². The zero-order valence-corrected chi connectivity index (χ0v) is 12.4. The number of hydrogen-bond acceptors (Lipinski definition) is 5. The second-order valence-corrected chi connectivity index (χ2v) is 5.25. The van der Waals surface area contributed by atoms with Crippen LogP contribution in [-0.4, -0.2) is 21.5 Å². The first-order chi connectivity index (χ1) is 9.90. The first kappa shape index (κ1) is 15.8. The highest BCUT2D eigenvalue weighted by Gasteiger charge is 2.35. The van der Waals surface area contributed by atoms with Gasteiger partial charge >= 0.3 is 6.18 Å². The molecule has 0 atom stereocenters. The molecule has 0 saturated carbocycles. The predicted octanol–water partition coefficient (Wildman–Crippen LogP) is 4.13. The lowest BCUT2D eigenvalue weighted by Gasteiger charge is -2.10. The van der Waals surface area contributed by atoms with Crippen molar-refractivity contribution in [1.82, 2.24) is 15.0 Å². The third-order valence-corrected chi connectivity index (χ3v) is 3.59. The van der Waals surface area contributed by atoms with E-state index in [-0.39, 0.29) is 10.8 Å². The molecule has 2 rings (SSSR count). The minimum Gasteiger partial charge on any atom is -0.370 e. The molecule has 0 fully saturated rings. The normalized spacial score (nSPS) is 11.5. The van der Waals surface area contributed by atoms with Gasteiger partial charge in [-0.1, -0.05) is 11.6 Å². The lowest BCUT2D eigenvalue weighted by Crippen LogP contribution is -2.13. The summed E-state index contributed by atoms with van der Waals surface area (Å²) in [7, 11) is 0. The van der Waals surface area contributed by atoms with E-state index in [0.717, 1.165) is 11.8 Å². The molecule has 0 saturated heterocycles. The summed E-state index contributed by atoms with van der Waals surface area (Å²) in [6.07, 6.45) is -3.11. The molecule has 1 N–H and O–H groups in total. The minimum absolute atomic E-state index is 0.106. The Balaban J connectivity index is 2.38. The summed E-state index contributed by atoms with van der Waals surface area (Å²) in [4.78, 5) is 11.0. The summed E-state index contributed by atoms with van der Waals surface area (Å²) in [5.41, 5.74) is 0. The first-order valence-corrected chi connectivity index (χ1v) is 7.08. The Bertz CT molecular complexity index is 636. The zero-order chi connectivity index (χ0) is 15.5. The maximum Gasteiger partial charge on any atom is 0.451 e. The molecule has 4 nitrogen and oxygen atoms in total. The Hall–Kier alpha value is -1.54. The molecule has 0 bridgehead atoms. The van der Waals surface area contributed by atoms with Gasteiger partial charge in [0.1, 0.15) is 15.9 Å². The summed E-state index contributed by atoms with van der Waals surface area (Å²) in [6, 6.07) is 4.67. The van der Waals surface area contributed by atoms with E-state index < -0.39 is 12.0 Å². The van der Waals surface area contributed by atoms with Crippen molar-refractivity contribution >= 4 is 29.2 Å². The van der Waals surface area contributed by atoms with Gasteiger partial charge < -0.3 is 5.32 Å². The quantitative estimate of drug-likeness (QED) is 0.852. The summed E-state index contributed by atoms with van der Waals surface area (Å²) >= 11 is 6.89. The molecule has 2 aromatic heterocycles. The Kier molecular flexibility index (Phi) is 4.89. The minimum atomic E-state index is -4.62. The molecular formula is C12H10ClF3N4S. The van der Waals surface area contributed by atoms with Crippen molar-refractivity contribution in [3.8, 4) is 0 Å². The van der Waals surface area contributed by atoms with Crippen LogP contribution in [0.3, 0.4) is 0 Å². The van der Waals surface area contributed by atoms with Gasteiger partial charge in [-0.25, -0.2) is 15.0 Å². The van der Waals surface area contributed by atoms with Crippen LogP contribution in [0.2, 0.25) is 5.02 Å². The number of rotatable bonds is 4. The number of hydrogen-bond donors (Lipinski definition) is 1. The Morgan fingerprint density at radius 2 is 2.10 bits per heavy atom. The van der Waals surface area contributed by atoms with Gasteiger partial charge in [-0.15, -0.1) is 0 Å². The van der Waals surface area contributed by atoms with Crippen LogP contribution in [0.15, 0.2) is 34.4 Å². The number of anilines is 1. The van der Waals surface area contributed by atoms with E-state index >= 15 is 0 Å². The average Bonchev–Trinajstić information content (AvgIpc) is 2.41. The molecule has 2 aromatic rings. The monoisotopic (exact) mass is 334 g/mol. The number of alkyl halides is 3. The molecule has 0 spiro atoms. The van der Waals surface area contributed by atoms with Gasteiger partial charge in [0.25, 0.3) is 0 Å². The van der Waals surface area contributed by atoms with Crippen LogP contribution >= 0.6 is 23.4 Å². The average molecular weight is 335 g/mol. The highest BCUT2D eigenvalue weighted by atomic mass is 35.5. The lowest BCUT2D eigenvalue weighted by atomic mass is 10.5. The standard InChI is InChI=1S/C12H10ClF3N4S/c1-2-17-8-6-9(20-11(19-8)12(14,15)16)21-10-7(13)4-3-5-18-10/h3-6H,2H2,1H3,(H,17,19,20). The summed E-state index contributed by atoms with van der Waals surface area (Å²) in [5, 5.41) is 3.59. The van der Waals surface area contributed by atoms with E-state index in [2.05, 4.69) is 20.3 Å². The molecule has 112 valence electrons. The van der Waals surface area contributed by atoms with Crippen molar-refractivity contribution in [2.45, 2.75) is 23.2 Å². The van der Waals surface area contributed by atoms with Gasteiger partial charge in [0.05, 0.1) is 5.02 Å². The van der Waals surface area contributed by atoms with Crippen LogP contribution in [0, 0.1) is 0 Å². The molecule has 2 heterocycles. The van der Waals surface area contributed by atoms with E-state index in [1.807, 2.05) is 0 Å². The maximum atomic E-state index is 12.8. The number of nitrogens with one attached hydrogen (secondary N) is 1. The van der Waals surface area contributed by atoms with Crippen LogP contribution in [0.1, 0.15) is 12.7 Å². The summed E-state index contributed by atoms with van der Waals surface area (Å²) in [6.45, 7) is 2.21. The van der Waals surface area contributed by atoms with Gasteiger partial charge in [0.15, 0.2) is 0 Å². The highest BCUT2D eigenvalue weighted by Crippen LogP contribution is 2.34. The SMILES string of the molecule is CCNc1cc(Sc2ncccc2Cl)nc(C(F)(F)F)n1. The number of aromatic nitrogens is 3. The lowest BCUT2D eigenvalue weighted by molar-refractivity contribution is -0.145. The third kappa shape index (κ3) is 4.21. The van der Waals surface area contributed by atoms with Gasteiger partial charge in [-0.3, -0.25) is 0 Å². The molecule has 0 aliphatic carbocycles. The highest BCUT2D eigenvalue weighted by molar-refractivity contribution is 7.99. The van der Waals surface area contributed by atoms with Gasteiger partial charge in [0, 0.05) is 18.8 Å². The van der Waals surface area contributed by atoms with Gasteiger partial charge in [-0.05, 0) is 30.8 Å². The molecule has 21 heavy (non-hydrogen) atoms. The second-order valence-electron chi connectivity index (χ2n) is 3.84. The largest absolute Gasteiger partial charge is 0.451 e. The van der Waals surface area contributed by atoms with Crippen molar-refractivity contribution in [3.05, 3.63) is 35.2 Å². The fraction of sp³-hybridized carbons (Fsp3) is 0.250. The molecular weight excluding hydrogens is 325 g/mol. The van der Waals surface area contributed by atoms with Crippen molar-refractivity contribution in [1.29, 1.82) is 0 Å². The van der Waals surface area contributed by atoms with E-state index in [0.29, 0.717) is 16.6 Å². The molecule has 0 aromatic carbocycles. The topological polar surface area (TPSA) is 50.7 Å².